The molecular weight excluding hydrogens is 188 g/mol. The summed E-state index contributed by atoms with van der Waals surface area (Å²) in [7, 11) is 0. The predicted octanol–water partition coefficient (Wildman–Crippen LogP) is 2.69. The number of isocyanates is 1. The van der Waals surface area contributed by atoms with E-state index in [0.717, 1.165) is 0 Å². The molecule has 0 fully saturated rings. The number of nitrogens with zero attached hydrogens (tertiary/aromatic N) is 1. The van der Waals surface area contributed by atoms with Gasteiger partial charge in [-0.2, -0.15) is 0 Å². The molecule has 0 bridgehead atoms. The first-order valence-corrected chi connectivity index (χ1v) is 4.11. The van der Waals surface area contributed by atoms with Gasteiger partial charge in [-0.3, -0.25) is 0 Å². The van der Waals surface area contributed by atoms with E-state index in [4.69, 9.17) is 0 Å². The van der Waals surface area contributed by atoms with Crippen LogP contribution in [-0.4, -0.2) is 6.08 Å². The van der Waals surface area contributed by atoms with Crippen LogP contribution in [0.4, 0.5) is 8.78 Å². The maximum atomic E-state index is 13.1. The molecule has 0 aliphatic rings. The van der Waals surface area contributed by atoms with Crippen LogP contribution in [0.15, 0.2) is 23.2 Å². The first kappa shape index (κ1) is 10.5. The van der Waals surface area contributed by atoms with E-state index >= 15 is 0 Å². The molecule has 0 aromatic heterocycles. The summed E-state index contributed by atoms with van der Waals surface area (Å²) < 4.78 is 26.2. The number of carbonyl (C=O) groups excluding carboxylic acids is 1. The van der Waals surface area contributed by atoms with E-state index in [0.29, 0.717) is 5.56 Å². The van der Waals surface area contributed by atoms with Crippen molar-refractivity contribution in [2.24, 2.45) is 4.99 Å². The Morgan fingerprint density at radius 2 is 2.29 bits per heavy atom. The van der Waals surface area contributed by atoms with E-state index in [9.17, 15) is 13.6 Å². The number of halogens is 2. The fourth-order valence-electron chi connectivity index (χ4n) is 1.28. The maximum absolute atomic E-state index is 13.1. The summed E-state index contributed by atoms with van der Waals surface area (Å²) in [6.07, 6.45) is -0.0773. The van der Waals surface area contributed by atoms with Crippen LogP contribution in [0, 0.1) is 5.82 Å². The Bertz CT molecular complexity index is 370. The quantitative estimate of drug-likeness (QED) is 0.541. The lowest BCUT2D eigenvalue weighted by molar-refractivity contribution is 0.359. The molecule has 0 saturated carbocycles. The van der Waals surface area contributed by atoms with Gasteiger partial charge in [-0.05, 0) is 18.6 Å². The molecule has 0 amide bonds. The van der Waals surface area contributed by atoms with Gasteiger partial charge in [0.1, 0.15) is 12.0 Å². The highest BCUT2D eigenvalue weighted by Gasteiger charge is 2.13. The van der Waals surface area contributed by atoms with E-state index < -0.39 is 12.0 Å². The minimum Gasteiger partial charge on any atom is -0.242 e. The van der Waals surface area contributed by atoms with Crippen molar-refractivity contribution in [2.75, 3.05) is 0 Å². The summed E-state index contributed by atoms with van der Waals surface area (Å²) in [4.78, 5) is 13.2. The Hall–Kier alpha value is -1.54. The number of alkyl halides is 1. The van der Waals surface area contributed by atoms with E-state index in [1.807, 2.05) is 0 Å². The lowest BCUT2D eigenvalue weighted by Gasteiger charge is -2.08. The molecule has 0 saturated heterocycles. The first-order valence-electron chi connectivity index (χ1n) is 4.11. The molecule has 1 unspecified atom stereocenters. The highest BCUT2D eigenvalue weighted by atomic mass is 19.1. The van der Waals surface area contributed by atoms with Gasteiger partial charge in [0.25, 0.3) is 0 Å². The highest BCUT2D eigenvalue weighted by molar-refractivity contribution is 5.36. The van der Waals surface area contributed by atoms with Crippen LogP contribution in [0.3, 0.4) is 0 Å². The molecule has 0 radical (unpaired) electrons. The second-order valence-electron chi connectivity index (χ2n) is 2.84. The molecule has 0 aliphatic carbocycles. The van der Waals surface area contributed by atoms with Crippen LogP contribution in [0.2, 0.25) is 0 Å². The summed E-state index contributed by atoms with van der Waals surface area (Å²) in [6, 6.07) is 4.17. The third-order valence-corrected chi connectivity index (χ3v) is 1.85. The monoisotopic (exact) mass is 197 g/mol. The van der Waals surface area contributed by atoms with Gasteiger partial charge in [0, 0.05) is 5.56 Å². The Labute approximate surface area is 80.3 Å². The summed E-state index contributed by atoms with van der Waals surface area (Å²) in [6.45, 7) is 1.21. The minimum atomic E-state index is -1.41. The fraction of sp³-hybridized carbons (Fsp3) is 0.300. The van der Waals surface area contributed by atoms with Crippen LogP contribution in [-0.2, 0) is 11.3 Å². The lowest BCUT2D eigenvalue weighted by atomic mass is 10.0. The predicted molar refractivity (Wildman–Crippen MR) is 47.7 cm³/mol. The van der Waals surface area contributed by atoms with Crippen molar-refractivity contribution in [1.82, 2.24) is 0 Å². The molecule has 0 N–H and O–H groups in total. The smallest absolute Gasteiger partial charge is 0.235 e. The molecule has 1 aromatic carbocycles. The second kappa shape index (κ2) is 4.63. The third kappa shape index (κ3) is 2.24. The van der Waals surface area contributed by atoms with E-state index in [1.54, 1.807) is 0 Å². The average molecular weight is 197 g/mol. The molecule has 0 heterocycles. The lowest BCUT2D eigenvalue weighted by Crippen LogP contribution is -1.98. The van der Waals surface area contributed by atoms with Gasteiger partial charge in [-0.15, -0.1) is 0 Å². The molecule has 1 atom stereocenters. The summed E-state index contributed by atoms with van der Waals surface area (Å²) in [5, 5.41) is 0. The maximum Gasteiger partial charge on any atom is 0.235 e. The van der Waals surface area contributed by atoms with Crippen LogP contribution in [0.25, 0.3) is 0 Å². The Kier molecular flexibility index (Phi) is 3.48. The van der Waals surface area contributed by atoms with Crippen molar-refractivity contribution < 1.29 is 13.6 Å². The zero-order chi connectivity index (χ0) is 10.6. The van der Waals surface area contributed by atoms with Crippen molar-refractivity contribution in [3.05, 3.63) is 35.1 Å². The van der Waals surface area contributed by atoms with Crippen LogP contribution < -0.4 is 0 Å². The van der Waals surface area contributed by atoms with Crippen LogP contribution >= 0.6 is 0 Å². The van der Waals surface area contributed by atoms with Crippen molar-refractivity contribution in [3.8, 4) is 0 Å². The zero-order valence-corrected chi connectivity index (χ0v) is 7.63. The largest absolute Gasteiger partial charge is 0.242 e. The number of benzene rings is 1. The Morgan fingerprint density at radius 1 is 1.57 bits per heavy atom. The Balaban J connectivity index is 3.13. The molecule has 4 heteroatoms. The van der Waals surface area contributed by atoms with Crippen molar-refractivity contribution >= 4 is 6.08 Å². The van der Waals surface area contributed by atoms with E-state index in [1.165, 1.54) is 31.2 Å². The minimum absolute atomic E-state index is 0.0356. The summed E-state index contributed by atoms with van der Waals surface area (Å²) in [5.41, 5.74) is 0.342. The standard InChI is InChI=1S/C10H9F2NO/c1-7(11)10-8(5-13-6-14)3-2-4-9(10)12/h2-4,7H,5H2,1H3. The zero-order valence-electron chi connectivity index (χ0n) is 7.63. The molecule has 0 spiro atoms. The normalized spacial score (nSPS) is 11.9. The summed E-state index contributed by atoms with van der Waals surface area (Å²) >= 11 is 0. The number of aliphatic imine (C=N–C) groups is 1. The van der Waals surface area contributed by atoms with Crippen molar-refractivity contribution in [3.63, 3.8) is 0 Å². The van der Waals surface area contributed by atoms with E-state index in [-0.39, 0.29) is 12.1 Å². The molecule has 0 aliphatic heterocycles. The SMILES string of the molecule is CC(F)c1c(F)cccc1CN=C=O. The van der Waals surface area contributed by atoms with Gasteiger partial charge in [0.05, 0.1) is 6.54 Å². The van der Waals surface area contributed by atoms with Crippen LogP contribution in [0.1, 0.15) is 24.2 Å². The van der Waals surface area contributed by atoms with Gasteiger partial charge in [0.15, 0.2) is 0 Å². The molecule has 74 valence electrons. The van der Waals surface area contributed by atoms with E-state index in [2.05, 4.69) is 4.99 Å². The van der Waals surface area contributed by atoms with Crippen LogP contribution in [0.5, 0.6) is 0 Å². The Morgan fingerprint density at radius 3 is 2.86 bits per heavy atom. The van der Waals surface area contributed by atoms with Gasteiger partial charge in [-0.25, -0.2) is 18.6 Å². The van der Waals surface area contributed by atoms with Crippen molar-refractivity contribution in [2.45, 2.75) is 19.6 Å². The second-order valence-corrected chi connectivity index (χ2v) is 2.84. The first-order chi connectivity index (χ1) is 6.66. The average Bonchev–Trinajstić information content (AvgIpc) is 2.14. The molecule has 2 nitrogen and oxygen atoms in total. The molecule has 1 rings (SSSR count). The topological polar surface area (TPSA) is 29.4 Å². The fourth-order valence-corrected chi connectivity index (χ4v) is 1.28. The van der Waals surface area contributed by atoms with Gasteiger partial charge < -0.3 is 0 Å². The molecular formula is C10H9F2NO. The van der Waals surface area contributed by atoms with Crippen molar-refractivity contribution in [1.29, 1.82) is 0 Å². The summed E-state index contributed by atoms with van der Waals surface area (Å²) in [5.74, 6) is -0.612. The third-order valence-electron chi connectivity index (χ3n) is 1.85. The number of hydrogen-bond donors (Lipinski definition) is 0. The van der Waals surface area contributed by atoms with Gasteiger partial charge in [0.2, 0.25) is 6.08 Å². The number of rotatable bonds is 3. The number of hydrogen-bond acceptors (Lipinski definition) is 2. The molecule has 1 aromatic rings. The van der Waals surface area contributed by atoms with Gasteiger partial charge in [-0.1, -0.05) is 12.1 Å². The molecule has 14 heavy (non-hydrogen) atoms. The van der Waals surface area contributed by atoms with Gasteiger partial charge >= 0.3 is 0 Å². The highest BCUT2D eigenvalue weighted by Crippen LogP contribution is 2.24.